The Hall–Kier alpha value is -2.60. The Bertz CT molecular complexity index is 1180. The number of fused-ring (bicyclic) bond motifs is 1. The topological polar surface area (TPSA) is 52.9 Å². The summed E-state index contributed by atoms with van der Waals surface area (Å²) < 4.78 is 21.5. The third kappa shape index (κ3) is 3.33. The maximum absolute atomic E-state index is 5.73. The van der Waals surface area contributed by atoms with Gasteiger partial charge >= 0.3 is 0 Å². The Labute approximate surface area is 196 Å². The van der Waals surface area contributed by atoms with E-state index in [9.17, 15) is 0 Å². The van der Waals surface area contributed by atoms with Gasteiger partial charge in [-0.3, -0.25) is 0 Å². The molecule has 0 spiro atoms. The lowest BCUT2D eigenvalue weighted by molar-refractivity contribution is 0.0725. The standard InChI is InChI=1S/C25H32N5O2P/c1-25(2)19-10-6-8-12-21(19)28(3)24(25)23-18-26-29(4)33(23,30-14-16-32-17-15-30)27-20-11-7-9-13-22(20)31-5/h6-13,18H,14-17H2,1-5H3/b24-23+/t33-/m1/s1. The third-order valence-corrected chi connectivity index (χ3v) is 10.5. The van der Waals surface area contributed by atoms with Gasteiger partial charge in [0.25, 0.3) is 0 Å². The molecule has 0 saturated carbocycles. The third-order valence-electron chi connectivity index (χ3n) is 6.90. The van der Waals surface area contributed by atoms with E-state index in [1.165, 1.54) is 22.3 Å². The number of rotatable bonds is 3. The highest BCUT2D eigenvalue weighted by Gasteiger charge is 2.48. The van der Waals surface area contributed by atoms with Crippen LogP contribution in [0.3, 0.4) is 0 Å². The number of nitrogens with zero attached hydrogens (tertiary/aromatic N) is 5. The lowest BCUT2D eigenvalue weighted by atomic mass is 9.84. The van der Waals surface area contributed by atoms with E-state index in [2.05, 4.69) is 66.6 Å². The molecule has 8 heteroatoms. The number of hydrogen-bond acceptors (Lipinski definition) is 5. The SMILES string of the molecule is COc1ccccc1N=[P@]1(N2CCOCC2)/C(=C2/N(C)c3ccccc3C2(C)C)C=NN1C. The van der Waals surface area contributed by atoms with Gasteiger partial charge in [-0.2, -0.15) is 5.10 Å². The zero-order chi connectivity index (χ0) is 23.2. The second-order valence-electron chi connectivity index (χ2n) is 9.08. The van der Waals surface area contributed by atoms with Gasteiger partial charge in [0.2, 0.25) is 0 Å². The average molecular weight is 466 g/mol. The predicted octanol–water partition coefficient (Wildman–Crippen LogP) is 5.26. The molecule has 3 aliphatic rings. The molecule has 3 aliphatic heterocycles. The van der Waals surface area contributed by atoms with E-state index < -0.39 is 7.36 Å². The minimum atomic E-state index is -2.43. The van der Waals surface area contributed by atoms with Gasteiger partial charge < -0.3 is 14.4 Å². The van der Waals surface area contributed by atoms with E-state index in [4.69, 9.17) is 19.3 Å². The number of benzene rings is 2. The highest BCUT2D eigenvalue weighted by molar-refractivity contribution is 7.67. The summed E-state index contributed by atoms with van der Waals surface area (Å²) in [6.07, 6.45) is 2.04. The summed E-state index contributed by atoms with van der Waals surface area (Å²) in [6.45, 7) is 7.63. The minimum absolute atomic E-state index is 0.175. The molecule has 7 nitrogen and oxygen atoms in total. The molecular weight excluding hydrogens is 433 g/mol. The van der Waals surface area contributed by atoms with Gasteiger partial charge in [-0.25, -0.2) is 14.2 Å². The normalized spacial score (nSPS) is 26.6. The summed E-state index contributed by atoms with van der Waals surface area (Å²) in [5, 5.41) is 6.06. The summed E-state index contributed by atoms with van der Waals surface area (Å²) >= 11 is 0. The number of para-hydroxylation sites is 2. The first-order valence-corrected chi connectivity index (χ1v) is 13.0. The van der Waals surface area contributed by atoms with E-state index in [0.29, 0.717) is 13.2 Å². The van der Waals surface area contributed by atoms with Crippen molar-refractivity contribution in [1.29, 1.82) is 0 Å². The van der Waals surface area contributed by atoms with Crippen LogP contribution in [0.1, 0.15) is 19.4 Å². The van der Waals surface area contributed by atoms with E-state index >= 15 is 0 Å². The molecule has 3 heterocycles. The molecule has 1 atom stereocenters. The van der Waals surface area contributed by atoms with E-state index in [1.807, 2.05) is 30.5 Å². The molecule has 2 aromatic rings. The molecule has 0 N–H and O–H groups in total. The fraction of sp³-hybridized carbons (Fsp3) is 0.400. The van der Waals surface area contributed by atoms with Crippen molar-refractivity contribution in [3.05, 3.63) is 65.1 Å². The van der Waals surface area contributed by atoms with Crippen molar-refractivity contribution < 1.29 is 9.47 Å². The predicted molar refractivity (Wildman–Crippen MR) is 136 cm³/mol. The molecule has 0 radical (unpaired) electrons. The molecule has 5 rings (SSSR count). The molecule has 1 saturated heterocycles. The Morgan fingerprint density at radius 1 is 1.03 bits per heavy atom. The first kappa shape index (κ1) is 22.2. The first-order valence-electron chi connectivity index (χ1n) is 11.4. The summed E-state index contributed by atoms with van der Waals surface area (Å²) in [5.41, 5.74) is 4.51. The van der Waals surface area contributed by atoms with Crippen molar-refractivity contribution in [2.45, 2.75) is 19.3 Å². The van der Waals surface area contributed by atoms with Crippen molar-refractivity contribution in [3.8, 4) is 5.75 Å². The van der Waals surface area contributed by atoms with Crippen LogP contribution < -0.4 is 9.64 Å². The van der Waals surface area contributed by atoms with Crippen LogP contribution in [0.5, 0.6) is 5.75 Å². The second-order valence-corrected chi connectivity index (χ2v) is 12.0. The Kier molecular flexibility index (Phi) is 5.60. The van der Waals surface area contributed by atoms with E-state index in [1.54, 1.807) is 7.11 Å². The van der Waals surface area contributed by atoms with Crippen LogP contribution in [-0.4, -0.2) is 63.2 Å². The quantitative estimate of drug-likeness (QED) is 0.579. The van der Waals surface area contributed by atoms with Gasteiger partial charge in [0.1, 0.15) is 11.4 Å². The van der Waals surface area contributed by atoms with Gasteiger partial charge in [0.15, 0.2) is 7.36 Å². The lowest BCUT2D eigenvalue weighted by Gasteiger charge is -2.41. The largest absolute Gasteiger partial charge is 0.494 e. The summed E-state index contributed by atoms with van der Waals surface area (Å²) in [5.74, 6) is 0.775. The molecule has 0 aliphatic carbocycles. The zero-order valence-corrected chi connectivity index (χ0v) is 20.9. The highest BCUT2D eigenvalue weighted by atomic mass is 31.2. The second kappa shape index (κ2) is 8.32. The molecule has 0 unspecified atom stereocenters. The van der Waals surface area contributed by atoms with E-state index in [-0.39, 0.29) is 5.41 Å². The van der Waals surface area contributed by atoms with Crippen LogP contribution in [0.15, 0.2) is 69.4 Å². The molecule has 0 amide bonds. The van der Waals surface area contributed by atoms with Crippen LogP contribution in [0.2, 0.25) is 0 Å². The smallest absolute Gasteiger partial charge is 0.175 e. The van der Waals surface area contributed by atoms with Crippen LogP contribution in [0.4, 0.5) is 11.4 Å². The van der Waals surface area contributed by atoms with Gasteiger partial charge in [-0.05, 0) is 23.8 Å². The number of methoxy groups -OCH3 is 1. The fourth-order valence-corrected chi connectivity index (χ4v) is 8.96. The number of morpholine rings is 1. The number of anilines is 1. The maximum Gasteiger partial charge on any atom is 0.175 e. The number of likely N-dealkylation sites (N-methyl/N-ethyl adjacent to an activating group) is 1. The molecule has 1 fully saturated rings. The van der Waals surface area contributed by atoms with Crippen molar-refractivity contribution in [1.82, 2.24) is 9.45 Å². The average Bonchev–Trinajstić information content (AvgIpc) is 3.25. The summed E-state index contributed by atoms with van der Waals surface area (Å²) in [4.78, 5) is 2.34. The highest BCUT2D eigenvalue weighted by Crippen LogP contribution is 2.69. The van der Waals surface area contributed by atoms with E-state index in [0.717, 1.165) is 24.5 Å². The van der Waals surface area contributed by atoms with Gasteiger partial charge in [-0.15, -0.1) is 0 Å². The number of hydrogen-bond donors (Lipinski definition) is 0. The lowest BCUT2D eigenvalue weighted by Crippen LogP contribution is -2.37. The molecule has 174 valence electrons. The number of ether oxygens (including phenoxy) is 2. The Balaban J connectivity index is 1.82. The van der Waals surface area contributed by atoms with Gasteiger partial charge in [0, 0.05) is 44.0 Å². The van der Waals surface area contributed by atoms with Crippen molar-refractivity contribution in [3.63, 3.8) is 0 Å². The minimum Gasteiger partial charge on any atom is -0.494 e. The van der Waals surface area contributed by atoms with Crippen molar-refractivity contribution >= 4 is 24.9 Å². The van der Waals surface area contributed by atoms with Crippen LogP contribution in [0, 0.1) is 0 Å². The molecule has 2 aromatic carbocycles. The maximum atomic E-state index is 5.73. The molecule has 33 heavy (non-hydrogen) atoms. The van der Waals surface area contributed by atoms with Crippen LogP contribution in [-0.2, 0) is 10.2 Å². The number of hydrazone groups is 1. The van der Waals surface area contributed by atoms with Crippen LogP contribution >= 0.6 is 7.36 Å². The Morgan fingerprint density at radius 2 is 1.73 bits per heavy atom. The van der Waals surface area contributed by atoms with Crippen molar-refractivity contribution in [2.75, 3.05) is 52.4 Å². The molecule has 0 bridgehead atoms. The summed E-state index contributed by atoms with van der Waals surface area (Å²) in [6, 6.07) is 16.7. The van der Waals surface area contributed by atoms with Crippen LogP contribution in [0.25, 0.3) is 0 Å². The number of allylic oxidation sites excluding steroid dienone is 2. The fourth-order valence-electron chi connectivity index (χ4n) is 5.31. The monoisotopic (exact) mass is 465 g/mol. The first-order chi connectivity index (χ1) is 15.9. The summed E-state index contributed by atoms with van der Waals surface area (Å²) in [7, 11) is 3.49. The van der Waals surface area contributed by atoms with Gasteiger partial charge in [-0.1, -0.05) is 44.2 Å². The van der Waals surface area contributed by atoms with Crippen molar-refractivity contribution in [2.24, 2.45) is 9.85 Å². The molecule has 0 aromatic heterocycles. The molecular formula is C25H32N5O2P. The Morgan fingerprint density at radius 3 is 2.45 bits per heavy atom. The van der Waals surface area contributed by atoms with Gasteiger partial charge in [0.05, 0.1) is 31.9 Å². The zero-order valence-electron chi connectivity index (χ0n) is 20.0.